The van der Waals surface area contributed by atoms with E-state index in [4.69, 9.17) is 24.7 Å². The molecule has 23 nitrogen and oxygen atoms in total. The number of amides is 4. The Labute approximate surface area is 352 Å². The number of ether oxygens (including phenoxy) is 4. The summed E-state index contributed by atoms with van der Waals surface area (Å²) < 4.78 is 26.5. The summed E-state index contributed by atoms with van der Waals surface area (Å²) in [6.45, 7) is 1.39. The maximum atomic E-state index is 13.6. The summed E-state index contributed by atoms with van der Waals surface area (Å²) in [6, 6.07) is 5.97. The first-order valence-corrected chi connectivity index (χ1v) is 20.0. The quantitative estimate of drug-likeness (QED) is 0.107. The predicted molar refractivity (Wildman–Crippen MR) is 215 cm³/mol. The fourth-order valence-corrected chi connectivity index (χ4v) is 8.34. The molecule has 3 aliphatic rings. The molecule has 7 rings (SSSR count). The number of nitrogens with two attached hydrogens (primary N) is 1. The average molecular weight is 870 g/mol. The van der Waals surface area contributed by atoms with Gasteiger partial charge in [-0.3, -0.25) is 9.88 Å². The molecule has 5 heterocycles. The number of carbonyl (C=O) groups is 4. The molecule has 3 aromatic heterocycles. The standard InChI is InChI=1S/C37H47N11O12S/c1-44(9-10-45(2)37(56)58-16-18-5-6-24(23(38)11-18)59-32-27(51)25(49)26(50)28(60-32)31(52)53)36(55)48-8-7-22-29(39-17-40-30(22)48)46(3)21-12-19-14-47(15-20(19)13-21)35(54)42-34-41-33(57-4)43-61-34/h5-8,11,17,19-21,25-28,32,49-51H,9-10,12-16,38H2,1-4H3,(H,52,53)(H,41,42,43,54)/t19-,20+,21+,25-,26-,27+,28-,32+/m0/s1. The number of benzene rings is 1. The summed E-state index contributed by atoms with van der Waals surface area (Å²) in [6.07, 6.45) is -4.83. The molecule has 2 aliphatic heterocycles. The van der Waals surface area contributed by atoms with Crippen molar-refractivity contribution in [1.29, 1.82) is 0 Å². The normalized spacial score (nSPS) is 24.5. The minimum Gasteiger partial charge on any atom is -0.479 e. The molecule has 0 radical (unpaired) electrons. The molecule has 7 N–H and O–H groups in total. The minimum absolute atomic E-state index is 0.0113. The van der Waals surface area contributed by atoms with Gasteiger partial charge in [0.25, 0.3) is 0 Å². The number of urea groups is 1. The Hall–Kier alpha value is -6.08. The van der Waals surface area contributed by atoms with Gasteiger partial charge in [0.15, 0.2) is 11.8 Å². The van der Waals surface area contributed by atoms with E-state index in [1.165, 1.54) is 53.1 Å². The molecule has 24 heteroatoms. The first kappa shape index (κ1) is 43.0. The molecule has 328 valence electrons. The molecule has 3 fully saturated rings. The van der Waals surface area contributed by atoms with Crippen molar-refractivity contribution in [2.75, 3.05) is 70.4 Å². The summed E-state index contributed by atoms with van der Waals surface area (Å²) in [5.74, 6) is -0.221. The monoisotopic (exact) mass is 869 g/mol. The van der Waals surface area contributed by atoms with Crippen LogP contribution in [0.3, 0.4) is 0 Å². The lowest BCUT2D eigenvalue weighted by Crippen LogP contribution is -2.61. The maximum absolute atomic E-state index is 13.6. The van der Waals surface area contributed by atoms with Gasteiger partial charge < -0.3 is 64.7 Å². The topological polar surface area (TPSA) is 294 Å². The highest BCUT2D eigenvalue weighted by Gasteiger charge is 2.48. The number of carboxylic acids is 1. The van der Waals surface area contributed by atoms with E-state index >= 15 is 0 Å². The van der Waals surface area contributed by atoms with Crippen LogP contribution < -0.4 is 25.4 Å². The Bertz CT molecular complexity index is 2250. The molecule has 8 atom stereocenters. The number of likely N-dealkylation sites (N-methyl/N-ethyl adjacent to an activating group) is 2. The minimum atomic E-state index is -1.88. The van der Waals surface area contributed by atoms with Crippen molar-refractivity contribution in [2.24, 2.45) is 11.8 Å². The van der Waals surface area contributed by atoms with Crippen molar-refractivity contribution < 1.29 is 58.6 Å². The second-order valence-corrected chi connectivity index (χ2v) is 16.0. The van der Waals surface area contributed by atoms with Gasteiger partial charge in [-0.2, -0.15) is 4.98 Å². The fraction of sp³-hybridized carbons (Fsp3) is 0.514. The Morgan fingerprint density at radius 2 is 1.72 bits per heavy atom. The molecule has 1 aromatic carbocycles. The van der Waals surface area contributed by atoms with Gasteiger partial charge in [-0.25, -0.2) is 29.1 Å². The van der Waals surface area contributed by atoms with Crippen LogP contribution in [0.4, 0.5) is 31.0 Å². The van der Waals surface area contributed by atoms with Crippen molar-refractivity contribution in [3.8, 4) is 11.8 Å². The number of nitrogen functional groups attached to an aromatic ring is 1. The molecule has 1 aliphatic carbocycles. The lowest BCUT2D eigenvalue weighted by Gasteiger charge is -2.38. The van der Waals surface area contributed by atoms with Crippen molar-refractivity contribution in [2.45, 2.75) is 56.2 Å². The maximum Gasteiger partial charge on any atom is 0.409 e. The molecular weight excluding hydrogens is 823 g/mol. The number of aliphatic hydroxyl groups is 3. The van der Waals surface area contributed by atoms with Crippen LogP contribution in [0.1, 0.15) is 18.4 Å². The van der Waals surface area contributed by atoms with E-state index in [2.05, 4.69) is 29.5 Å². The van der Waals surface area contributed by atoms with Crippen LogP contribution in [0, 0.1) is 11.8 Å². The zero-order valence-electron chi connectivity index (χ0n) is 33.6. The van der Waals surface area contributed by atoms with Crippen molar-refractivity contribution in [3.63, 3.8) is 0 Å². The zero-order valence-corrected chi connectivity index (χ0v) is 34.4. The van der Waals surface area contributed by atoms with E-state index < -0.39 is 42.8 Å². The molecule has 4 aromatic rings. The summed E-state index contributed by atoms with van der Waals surface area (Å²) in [7, 11) is 6.59. The van der Waals surface area contributed by atoms with Crippen molar-refractivity contribution >= 4 is 63.3 Å². The van der Waals surface area contributed by atoms with Gasteiger partial charge in [-0.15, -0.1) is 4.37 Å². The first-order valence-electron chi connectivity index (χ1n) is 19.2. The van der Waals surface area contributed by atoms with Gasteiger partial charge >= 0.3 is 30.1 Å². The number of likely N-dealkylation sites (tertiary alicyclic amines) is 1. The summed E-state index contributed by atoms with van der Waals surface area (Å²) in [5, 5.41) is 43.4. The lowest BCUT2D eigenvalue weighted by molar-refractivity contribution is -0.271. The second-order valence-electron chi connectivity index (χ2n) is 15.2. The number of aliphatic carboxylic acids is 1. The Morgan fingerprint density at radius 3 is 2.39 bits per heavy atom. The number of rotatable bonds is 12. The first-order chi connectivity index (χ1) is 29.1. The third-order valence-corrected chi connectivity index (χ3v) is 11.9. The van der Waals surface area contributed by atoms with Crippen LogP contribution >= 0.6 is 11.5 Å². The van der Waals surface area contributed by atoms with Gasteiger partial charge in [0.1, 0.15) is 42.8 Å². The number of nitrogens with zero attached hydrogens (tertiary/aromatic N) is 9. The summed E-state index contributed by atoms with van der Waals surface area (Å²) in [5.41, 5.74) is 7.04. The van der Waals surface area contributed by atoms with Crippen LogP contribution in [0.5, 0.6) is 11.8 Å². The van der Waals surface area contributed by atoms with E-state index in [1.54, 1.807) is 13.2 Å². The Kier molecular flexibility index (Phi) is 12.6. The molecule has 2 saturated heterocycles. The van der Waals surface area contributed by atoms with Crippen LogP contribution in [0.2, 0.25) is 0 Å². The fourth-order valence-electron chi connectivity index (χ4n) is 7.81. The average Bonchev–Trinajstić information content (AvgIpc) is 4.06. The van der Waals surface area contributed by atoms with E-state index in [-0.39, 0.29) is 55.2 Å². The third kappa shape index (κ3) is 9.02. The Balaban J connectivity index is 0.878. The predicted octanol–water partition coefficient (Wildman–Crippen LogP) is 0.692. The molecule has 0 bridgehead atoms. The molecule has 1 saturated carbocycles. The van der Waals surface area contributed by atoms with Gasteiger partial charge in [-0.1, -0.05) is 6.07 Å². The van der Waals surface area contributed by atoms with E-state index in [0.717, 1.165) is 24.4 Å². The number of aromatic nitrogens is 5. The van der Waals surface area contributed by atoms with Gasteiger partial charge in [0, 0.05) is 71.1 Å². The number of aliphatic hydroxyl groups excluding tert-OH is 3. The van der Waals surface area contributed by atoms with E-state index in [1.807, 2.05) is 18.0 Å². The lowest BCUT2D eigenvalue weighted by atomic mass is 9.99. The van der Waals surface area contributed by atoms with Gasteiger partial charge in [0.05, 0.1) is 18.2 Å². The van der Waals surface area contributed by atoms with Crippen LogP contribution in [-0.2, 0) is 20.9 Å². The van der Waals surface area contributed by atoms with Crippen LogP contribution in [0.25, 0.3) is 11.0 Å². The van der Waals surface area contributed by atoms with Gasteiger partial charge in [0.2, 0.25) is 11.4 Å². The number of hydrogen-bond donors (Lipinski definition) is 6. The third-order valence-electron chi connectivity index (χ3n) is 11.3. The number of hydrogen-bond acceptors (Lipinski definition) is 18. The SMILES string of the molecule is COc1nsc(NC(=O)N2C[C@H]3C[C@H](N(C)c4ncnc5c4ccn5C(=O)N(C)CCN(C)C(=O)OCc4ccc(O[C@@H]5O[C@H](C(=O)O)[C@@H](O)[C@H](O)[C@H]5O)c(N)c4)C[C@H]3C2)n1. The molecule has 0 unspecified atom stereocenters. The summed E-state index contributed by atoms with van der Waals surface area (Å²) in [4.78, 5) is 70.6. The highest BCUT2D eigenvalue weighted by atomic mass is 32.1. The van der Waals surface area contributed by atoms with Crippen LogP contribution in [0.15, 0.2) is 36.8 Å². The number of anilines is 3. The van der Waals surface area contributed by atoms with Crippen molar-refractivity contribution in [3.05, 3.63) is 42.4 Å². The van der Waals surface area contributed by atoms with Crippen molar-refractivity contribution in [1.82, 2.24) is 38.6 Å². The second kappa shape index (κ2) is 17.9. The smallest absolute Gasteiger partial charge is 0.409 e. The van der Waals surface area contributed by atoms with E-state index in [0.29, 0.717) is 52.5 Å². The molecule has 4 amide bonds. The van der Waals surface area contributed by atoms with Gasteiger partial charge in [-0.05, 0) is 48.4 Å². The van der Waals surface area contributed by atoms with Crippen LogP contribution in [-0.4, -0.2) is 174 Å². The largest absolute Gasteiger partial charge is 0.479 e. The highest BCUT2D eigenvalue weighted by molar-refractivity contribution is 7.10. The molecule has 61 heavy (non-hydrogen) atoms. The van der Waals surface area contributed by atoms with E-state index in [9.17, 15) is 39.6 Å². The number of carboxylic acid groups (broad SMARTS) is 1. The molecular formula is C37H47N11O12S. The molecule has 0 spiro atoms. The number of carbonyl (C=O) groups excluding carboxylic acids is 3. The number of nitrogens with one attached hydrogen (secondary N) is 1. The number of methoxy groups -OCH3 is 1. The zero-order chi connectivity index (χ0) is 43.7. The summed E-state index contributed by atoms with van der Waals surface area (Å²) >= 11 is 1.06. The Morgan fingerprint density at radius 1 is 1.00 bits per heavy atom. The highest BCUT2D eigenvalue weighted by Crippen LogP contribution is 2.42. The number of fused-ring (bicyclic) bond motifs is 2.